The number of rotatable bonds is 10. The van der Waals surface area contributed by atoms with Crippen molar-refractivity contribution in [3.8, 4) is 16.9 Å². The summed E-state index contributed by atoms with van der Waals surface area (Å²) in [4.78, 5) is 23.3. The zero-order chi connectivity index (χ0) is 26.1. The van der Waals surface area contributed by atoms with Crippen LogP contribution in [-0.4, -0.2) is 23.8 Å². The number of carboxylic acid groups (broad SMARTS) is 1. The molecular formula is C27H26F3NO5. The van der Waals surface area contributed by atoms with Crippen LogP contribution in [0.4, 0.5) is 18.0 Å². The summed E-state index contributed by atoms with van der Waals surface area (Å²) in [5.74, 6) is -0.333. The van der Waals surface area contributed by atoms with Gasteiger partial charge in [0.05, 0.1) is 18.6 Å². The van der Waals surface area contributed by atoms with Gasteiger partial charge in [0.15, 0.2) is 0 Å². The zero-order valence-electron chi connectivity index (χ0n) is 19.6. The van der Waals surface area contributed by atoms with E-state index in [0.717, 1.165) is 29.7 Å². The van der Waals surface area contributed by atoms with Crippen molar-refractivity contribution in [1.29, 1.82) is 0 Å². The van der Waals surface area contributed by atoms with Gasteiger partial charge in [-0.2, -0.15) is 13.2 Å². The monoisotopic (exact) mass is 501 g/mol. The van der Waals surface area contributed by atoms with Gasteiger partial charge in [-0.1, -0.05) is 49.4 Å². The Morgan fingerprint density at radius 1 is 0.944 bits per heavy atom. The third-order valence-corrected chi connectivity index (χ3v) is 5.21. The van der Waals surface area contributed by atoms with E-state index in [1.807, 2.05) is 25.1 Å². The first-order valence-corrected chi connectivity index (χ1v) is 11.3. The van der Waals surface area contributed by atoms with E-state index >= 15 is 0 Å². The van der Waals surface area contributed by atoms with Crippen LogP contribution in [0.5, 0.6) is 5.75 Å². The van der Waals surface area contributed by atoms with Gasteiger partial charge in [-0.25, -0.2) is 4.79 Å². The normalized spacial score (nSPS) is 11.1. The zero-order valence-corrected chi connectivity index (χ0v) is 19.6. The molecule has 3 rings (SSSR count). The molecule has 36 heavy (non-hydrogen) atoms. The predicted molar refractivity (Wildman–Crippen MR) is 127 cm³/mol. The van der Waals surface area contributed by atoms with Gasteiger partial charge in [0.1, 0.15) is 12.4 Å². The average Bonchev–Trinajstić information content (AvgIpc) is 2.84. The van der Waals surface area contributed by atoms with Gasteiger partial charge in [0.25, 0.3) is 0 Å². The van der Waals surface area contributed by atoms with Crippen molar-refractivity contribution in [2.24, 2.45) is 0 Å². The molecule has 0 heterocycles. The van der Waals surface area contributed by atoms with E-state index in [2.05, 4.69) is 5.32 Å². The molecule has 0 aromatic heterocycles. The average molecular weight is 502 g/mol. The van der Waals surface area contributed by atoms with Crippen LogP contribution in [0.1, 0.15) is 35.6 Å². The number of amides is 1. The first-order valence-electron chi connectivity index (χ1n) is 11.3. The molecule has 0 unspecified atom stereocenters. The SMILES string of the molecule is CCCOc1ccc(-c2cccc(CC(=O)O)c2)cc1CNC(=O)OCc1ccc(C(F)(F)F)cc1. The van der Waals surface area contributed by atoms with E-state index in [4.69, 9.17) is 14.6 Å². The Bertz CT molecular complexity index is 1190. The number of hydrogen-bond donors (Lipinski definition) is 2. The highest BCUT2D eigenvalue weighted by atomic mass is 19.4. The van der Waals surface area contributed by atoms with Crippen LogP contribution in [0.15, 0.2) is 66.7 Å². The molecule has 0 radical (unpaired) electrons. The van der Waals surface area contributed by atoms with Gasteiger partial charge < -0.3 is 19.9 Å². The van der Waals surface area contributed by atoms with E-state index in [1.165, 1.54) is 12.1 Å². The Kier molecular flexibility index (Phi) is 8.94. The summed E-state index contributed by atoms with van der Waals surface area (Å²) in [5, 5.41) is 11.7. The van der Waals surface area contributed by atoms with Crippen LogP contribution < -0.4 is 10.1 Å². The molecule has 6 nitrogen and oxygen atoms in total. The van der Waals surface area contributed by atoms with Crippen LogP contribution in [-0.2, 0) is 35.3 Å². The molecular weight excluding hydrogens is 475 g/mol. The molecule has 0 saturated heterocycles. The topological polar surface area (TPSA) is 84.9 Å². The second-order valence-electron chi connectivity index (χ2n) is 8.07. The Morgan fingerprint density at radius 2 is 1.67 bits per heavy atom. The molecule has 0 fully saturated rings. The number of alkyl carbamates (subject to hydrolysis) is 1. The summed E-state index contributed by atoms with van der Waals surface area (Å²) < 4.78 is 49.0. The van der Waals surface area contributed by atoms with Crippen molar-refractivity contribution in [3.63, 3.8) is 0 Å². The molecule has 3 aromatic carbocycles. The maximum atomic E-state index is 12.7. The standard InChI is InChI=1S/C27H26F3NO5/c1-2-12-35-24-11-8-21(20-5-3-4-19(13-20)14-25(32)33)15-22(24)16-31-26(34)36-17-18-6-9-23(10-7-18)27(28,29)30/h3-11,13,15H,2,12,14,16-17H2,1H3,(H,31,34)(H,32,33). The molecule has 2 N–H and O–H groups in total. The van der Waals surface area contributed by atoms with Gasteiger partial charge in [-0.3, -0.25) is 4.79 Å². The van der Waals surface area contributed by atoms with Crippen LogP contribution in [0.2, 0.25) is 0 Å². The smallest absolute Gasteiger partial charge is 0.416 e. The van der Waals surface area contributed by atoms with Crippen molar-refractivity contribution in [3.05, 3.63) is 89.0 Å². The lowest BCUT2D eigenvalue weighted by Gasteiger charge is -2.14. The van der Waals surface area contributed by atoms with Crippen LogP contribution in [0, 0.1) is 0 Å². The summed E-state index contributed by atoms with van der Waals surface area (Å²) >= 11 is 0. The molecule has 0 saturated carbocycles. The number of nitrogens with one attached hydrogen (secondary N) is 1. The number of hydrogen-bond acceptors (Lipinski definition) is 4. The lowest BCUT2D eigenvalue weighted by molar-refractivity contribution is -0.138. The lowest BCUT2D eigenvalue weighted by atomic mass is 9.99. The number of alkyl halides is 3. The minimum absolute atomic E-state index is 0.0908. The molecule has 0 aliphatic heterocycles. The Balaban J connectivity index is 1.68. The molecule has 190 valence electrons. The third-order valence-electron chi connectivity index (χ3n) is 5.21. The molecule has 9 heteroatoms. The van der Waals surface area contributed by atoms with Gasteiger partial charge in [0.2, 0.25) is 0 Å². The molecule has 0 bridgehead atoms. The molecule has 1 amide bonds. The Morgan fingerprint density at radius 3 is 2.33 bits per heavy atom. The lowest BCUT2D eigenvalue weighted by Crippen LogP contribution is -2.24. The second kappa shape index (κ2) is 12.1. The van der Waals surface area contributed by atoms with Gasteiger partial charge in [-0.05, 0) is 52.9 Å². The van der Waals surface area contributed by atoms with E-state index in [1.54, 1.807) is 24.3 Å². The molecule has 3 aromatic rings. The van der Waals surface area contributed by atoms with Crippen molar-refractivity contribution >= 4 is 12.1 Å². The second-order valence-corrected chi connectivity index (χ2v) is 8.07. The first kappa shape index (κ1) is 26.6. The van der Waals surface area contributed by atoms with E-state index < -0.39 is 23.8 Å². The van der Waals surface area contributed by atoms with Gasteiger partial charge >= 0.3 is 18.2 Å². The fourth-order valence-electron chi connectivity index (χ4n) is 3.44. The van der Waals surface area contributed by atoms with Crippen molar-refractivity contribution in [2.45, 2.75) is 39.1 Å². The van der Waals surface area contributed by atoms with Crippen LogP contribution >= 0.6 is 0 Å². The number of halogens is 3. The molecule has 0 spiro atoms. The van der Waals surface area contributed by atoms with E-state index in [9.17, 15) is 22.8 Å². The van der Waals surface area contributed by atoms with E-state index in [-0.39, 0.29) is 19.6 Å². The summed E-state index contributed by atoms with van der Waals surface area (Å²) in [6.45, 7) is 2.37. The largest absolute Gasteiger partial charge is 0.493 e. The van der Waals surface area contributed by atoms with Crippen molar-refractivity contribution in [2.75, 3.05) is 6.61 Å². The highest BCUT2D eigenvalue weighted by Crippen LogP contribution is 2.30. The minimum Gasteiger partial charge on any atom is -0.493 e. The van der Waals surface area contributed by atoms with Crippen LogP contribution in [0.3, 0.4) is 0 Å². The number of carbonyl (C=O) groups is 2. The molecule has 0 atom stereocenters. The summed E-state index contributed by atoms with van der Waals surface area (Å²) in [7, 11) is 0. The summed E-state index contributed by atoms with van der Waals surface area (Å²) in [5.41, 5.74) is 2.65. The number of carbonyl (C=O) groups excluding carboxylic acids is 1. The summed E-state index contributed by atoms with van der Waals surface area (Å²) in [6, 6.07) is 17.1. The summed E-state index contributed by atoms with van der Waals surface area (Å²) in [6.07, 6.45) is -4.46. The number of aliphatic carboxylic acids is 1. The Hall–Kier alpha value is -4.01. The Labute approximate surface area is 206 Å². The minimum atomic E-state index is -4.43. The first-order chi connectivity index (χ1) is 17.2. The maximum Gasteiger partial charge on any atom is 0.416 e. The van der Waals surface area contributed by atoms with Crippen molar-refractivity contribution in [1.82, 2.24) is 5.32 Å². The van der Waals surface area contributed by atoms with Crippen LogP contribution in [0.25, 0.3) is 11.1 Å². The van der Waals surface area contributed by atoms with Gasteiger partial charge in [-0.15, -0.1) is 0 Å². The number of benzene rings is 3. The highest BCUT2D eigenvalue weighted by molar-refractivity contribution is 5.73. The maximum absolute atomic E-state index is 12.7. The van der Waals surface area contributed by atoms with Crippen molar-refractivity contribution < 1.29 is 37.3 Å². The number of ether oxygens (including phenoxy) is 2. The fourth-order valence-corrected chi connectivity index (χ4v) is 3.44. The predicted octanol–water partition coefficient (Wildman–Crippen LogP) is 6.21. The third kappa shape index (κ3) is 7.76. The van der Waals surface area contributed by atoms with E-state index in [0.29, 0.717) is 29.0 Å². The molecule has 0 aliphatic rings. The highest BCUT2D eigenvalue weighted by Gasteiger charge is 2.29. The van der Waals surface area contributed by atoms with Gasteiger partial charge in [0, 0.05) is 12.1 Å². The molecule has 0 aliphatic carbocycles. The quantitative estimate of drug-likeness (QED) is 0.345. The fraction of sp³-hybridized carbons (Fsp3) is 0.259. The number of carboxylic acids is 1.